The number of aryl methyl sites for hydroxylation is 2. The van der Waals surface area contributed by atoms with Crippen molar-refractivity contribution in [3.8, 4) is 0 Å². The molecular weight excluding hydrogens is 260 g/mol. The quantitative estimate of drug-likeness (QED) is 0.726. The summed E-state index contributed by atoms with van der Waals surface area (Å²) in [7, 11) is 0. The average molecular weight is 278 g/mol. The predicted octanol–water partition coefficient (Wildman–Crippen LogP) is 3.49. The molecule has 1 aromatic heterocycles. The van der Waals surface area contributed by atoms with E-state index in [4.69, 9.17) is 0 Å². The SMILES string of the molecule is O=c1[nH]c(CCCCc2ccccc2)nc2ccccc12. The minimum absolute atomic E-state index is 0.0429. The van der Waals surface area contributed by atoms with Gasteiger partial charge < -0.3 is 4.98 Å². The first-order chi connectivity index (χ1) is 10.3. The topological polar surface area (TPSA) is 45.8 Å². The molecule has 0 aliphatic rings. The molecule has 0 atom stereocenters. The van der Waals surface area contributed by atoms with Gasteiger partial charge in [0, 0.05) is 6.42 Å². The van der Waals surface area contributed by atoms with Gasteiger partial charge in [-0.15, -0.1) is 0 Å². The molecule has 0 aliphatic carbocycles. The van der Waals surface area contributed by atoms with Crippen molar-refractivity contribution in [3.63, 3.8) is 0 Å². The number of aromatic nitrogens is 2. The standard InChI is InChI=1S/C18H18N2O/c21-18-15-11-5-6-12-16(15)19-17(20-18)13-7-4-10-14-8-2-1-3-9-14/h1-3,5-6,8-9,11-12H,4,7,10,13H2,(H,19,20,21). The highest BCUT2D eigenvalue weighted by atomic mass is 16.1. The molecule has 3 rings (SSSR count). The fourth-order valence-electron chi connectivity index (χ4n) is 2.52. The summed E-state index contributed by atoms with van der Waals surface area (Å²) in [6.07, 6.45) is 4.00. The Labute approximate surface area is 123 Å². The molecule has 0 fully saturated rings. The second kappa shape index (κ2) is 6.35. The number of hydrogen-bond donors (Lipinski definition) is 1. The van der Waals surface area contributed by atoms with E-state index in [1.165, 1.54) is 5.56 Å². The number of benzene rings is 2. The average Bonchev–Trinajstić information content (AvgIpc) is 2.53. The van der Waals surface area contributed by atoms with Crippen LogP contribution in [0.5, 0.6) is 0 Å². The largest absolute Gasteiger partial charge is 0.310 e. The Hall–Kier alpha value is -2.42. The summed E-state index contributed by atoms with van der Waals surface area (Å²) < 4.78 is 0. The zero-order valence-corrected chi connectivity index (χ0v) is 11.9. The molecule has 3 nitrogen and oxygen atoms in total. The summed E-state index contributed by atoms with van der Waals surface area (Å²) in [5.41, 5.74) is 2.09. The number of hydrogen-bond acceptors (Lipinski definition) is 2. The molecule has 0 unspecified atom stereocenters. The molecule has 3 aromatic rings. The molecule has 21 heavy (non-hydrogen) atoms. The molecule has 1 heterocycles. The summed E-state index contributed by atoms with van der Waals surface area (Å²) in [5, 5.41) is 0.658. The van der Waals surface area contributed by atoms with Gasteiger partial charge in [0.15, 0.2) is 0 Å². The van der Waals surface area contributed by atoms with Gasteiger partial charge in [0.25, 0.3) is 5.56 Å². The van der Waals surface area contributed by atoms with Crippen molar-refractivity contribution in [2.45, 2.75) is 25.7 Å². The van der Waals surface area contributed by atoms with Crippen molar-refractivity contribution in [1.82, 2.24) is 9.97 Å². The third kappa shape index (κ3) is 3.37. The van der Waals surface area contributed by atoms with Crippen LogP contribution in [0, 0.1) is 0 Å². The normalized spacial score (nSPS) is 10.9. The van der Waals surface area contributed by atoms with E-state index in [1.54, 1.807) is 6.07 Å². The van der Waals surface area contributed by atoms with Crippen LogP contribution in [-0.2, 0) is 12.8 Å². The Kier molecular flexibility index (Phi) is 4.10. The number of unbranched alkanes of at least 4 members (excludes halogenated alkanes) is 1. The molecule has 0 radical (unpaired) electrons. The Bertz CT molecular complexity index is 778. The third-order valence-electron chi connectivity index (χ3n) is 3.63. The maximum atomic E-state index is 12.0. The Morgan fingerprint density at radius 1 is 0.857 bits per heavy atom. The van der Waals surface area contributed by atoms with Gasteiger partial charge in [0.1, 0.15) is 5.82 Å². The third-order valence-corrected chi connectivity index (χ3v) is 3.63. The highest BCUT2D eigenvalue weighted by Crippen LogP contribution is 2.09. The molecular formula is C18H18N2O. The monoisotopic (exact) mass is 278 g/mol. The van der Waals surface area contributed by atoms with Gasteiger partial charge in [-0.05, 0) is 37.0 Å². The summed E-state index contributed by atoms with van der Waals surface area (Å²) in [5.74, 6) is 0.784. The van der Waals surface area contributed by atoms with Crippen LogP contribution in [-0.4, -0.2) is 9.97 Å². The predicted molar refractivity (Wildman–Crippen MR) is 85.4 cm³/mol. The Morgan fingerprint density at radius 2 is 1.57 bits per heavy atom. The van der Waals surface area contributed by atoms with Gasteiger partial charge in [-0.3, -0.25) is 4.79 Å². The van der Waals surface area contributed by atoms with E-state index in [0.717, 1.165) is 37.0 Å². The van der Waals surface area contributed by atoms with Gasteiger partial charge in [0.05, 0.1) is 10.9 Å². The van der Waals surface area contributed by atoms with E-state index in [0.29, 0.717) is 5.39 Å². The number of nitrogens with one attached hydrogen (secondary N) is 1. The lowest BCUT2D eigenvalue weighted by Crippen LogP contribution is -2.11. The van der Waals surface area contributed by atoms with Crippen LogP contribution >= 0.6 is 0 Å². The minimum Gasteiger partial charge on any atom is -0.310 e. The number of nitrogens with zero attached hydrogens (tertiary/aromatic N) is 1. The molecule has 106 valence electrons. The minimum atomic E-state index is -0.0429. The fourth-order valence-corrected chi connectivity index (χ4v) is 2.52. The van der Waals surface area contributed by atoms with Crippen molar-refractivity contribution in [2.24, 2.45) is 0 Å². The summed E-state index contributed by atoms with van der Waals surface area (Å²) in [6, 6.07) is 17.9. The van der Waals surface area contributed by atoms with E-state index < -0.39 is 0 Å². The molecule has 0 saturated heterocycles. The van der Waals surface area contributed by atoms with Crippen LogP contribution in [0.25, 0.3) is 10.9 Å². The number of H-pyrrole nitrogens is 1. The molecule has 0 amide bonds. The molecule has 1 N–H and O–H groups in total. The second-order valence-corrected chi connectivity index (χ2v) is 5.22. The molecule has 2 aromatic carbocycles. The fraction of sp³-hybridized carbons (Fsp3) is 0.222. The van der Waals surface area contributed by atoms with Crippen molar-refractivity contribution in [3.05, 3.63) is 76.3 Å². The maximum absolute atomic E-state index is 12.0. The van der Waals surface area contributed by atoms with E-state index in [-0.39, 0.29) is 5.56 Å². The molecule has 0 saturated carbocycles. The molecule has 0 bridgehead atoms. The van der Waals surface area contributed by atoms with Crippen molar-refractivity contribution in [2.75, 3.05) is 0 Å². The van der Waals surface area contributed by atoms with Gasteiger partial charge >= 0.3 is 0 Å². The van der Waals surface area contributed by atoms with Gasteiger partial charge in [-0.25, -0.2) is 4.98 Å². The summed E-state index contributed by atoms with van der Waals surface area (Å²) in [6.45, 7) is 0. The second-order valence-electron chi connectivity index (χ2n) is 5.22. The van der Waals surface area contributed by atoms with E-state index in [9.17, 15) is 4.79 Å². The Balaban J connectivity index is 1.62. The van der Waals surface area contributed by atoms with Crippen molar-refractivity contribution >= 4 is 10.9 Å². The maximum Gasteiger partial charge on any atom is 0.258 e. The first-order valence-electron chi connectivity index (χ1n) is 7.35. The van der Waals surface area contributed by atoms with Crippen LogP contribution in [0.3, 0.4) is 0 Å². The van der Waals surface area contributed by atoms with E-state index >= 15 is 0 Å². The van der Waals surface area contributed by atoms with Gasteiger partial charge in [0.2, 0.25) is 0 Å². The lowest BCUT2D eigenvalue weighted by Gasteiger charge is -2.03. The Morgan fingerprint density at radius 3 is 2.43 bits per heavy atom. The number of rotatable bonds is 5. The highest BCUT2D eigenvalue weighted by molar-refractivity contribution is 5.77. The zero-order valence-electron chi connectivity index (χ0n) is 11.9. The van der Waals surface area contributed by atoms with Crippen LogP contribution in [0.4, 0.5) is 0 Å². The molecule has 0 aliphatic heterocycles. The summed E-state index contributed by atoms with van der Waals surface area (Å²) >= 11 is 0. The zero-order chi connectivity index (χ0) is 14.5. The highest BCUT2D eigenvalue weighted by Gasteiger charge is 2.03. The number of para-hydroxylation sites is 1. The van der Waals surface area contributed by atoms with Crippen molar-refractivity contribution in [1.29, 1.82) is 0 Å². The molecule has 3 heteroatoms. The van der Waals surface area contributed by atoms with E-state index in [1.807, 2.05) is 24.3 Å². The molecule has 0 spiro atoms. The first kappa shape index (κ1) is 13.6. The number of aromatic amines is 1. The van der Waals surface area contributed by atoms with Crippen molar-refractivity contribution < 1.29 is 0 Å². The van der Waals surface area contributed by atoms with Crippen LogP contribution in [0.2, 0.25) is 0 Å². The van der Waals surface area contributed by atoms with Crippen LogP contribution < -0.4 is 5.56 Å². The van der Waals surface area contributed by atoms with Gasteiger partial charge in [-0.2, -0.15) is 0 Å². The number of fused-ring (bicyclic) bond motifs is 1. The van der Waals surface area contributed by atoms with Crippen LogP contribution in [0.1, 0.15) is 24.2 Å². The summed E-state index contributed by atoms with van der Waals surface area (Å²) in [4.78, 5) is 19.4. The lowest BCUT2D eigenvalue weighted by atomic mass is 10.1. The van der Waals surface area contributed by atoms with E-state index in [2.05, 4.69) is 34.2 Å². The van der Waals surface area contributed by atoms with Gasteiger partial charge in [-0.1, -0.05) is 42.5 Å². The van der Waals surface area contributed by atoms with Crippen LogP contribution in [0.15, 0.2) is 59.4 Å². The first-order valence-corrected chi connectivity index (χ1v) is 7.35. The smallest absolute Gasteiger partial charge is 0.258 e. The lowest BCUT2D eigenvalue weighted by molar-refractivity contribution is 0.708.